The summed E-state index contributed by atoms with van der Waals surface area (Å²) in [6.45, 7) is 4.77. The van der Waals surface area contributed by atoms with Gasteiger partial charge >= 0.3 is 0 Å². The summed E-state index contributed by atoms with van der Waals surface area (Å²) < 4.78 is 6.09. The first kappa shape index (κ1) is 15.5. The van der Waals surface area contributed by atoms with Crippen LogP contribution in [0, 0.1) is 0 Å². The van der Waals surface area contributed by atoms with E-state index in [1.807, 2.05) is 18.2 Å². The molecule has 1 saturated carbocycles. The van der Waals surface area contributed by atoms with Crippen molar-refractivity contribution in [1.29, 1.82) is 0 Å². The molecule has 0 amide bonds. The van der Waals surface area contributed by atoms with Gasteiger partial charge < -0.3 is 15.2 Å². The second kappa shape index (κ2) is 7.21. The Morgan fingerprint density at radius 3 is 2.45 bits per heavy atom. The van der Waals surface area contributed by atoms with E-state index in [2.05, 4.69) is 31.3 Å². The van der Waals surface area contributed by atoms with E-state index in [-0.39, 0.29) is 12.6 Å². The molecule has 1 aromatic rings. The Balaban J connectivity index is 2.13. The molecule has 112 valence electrons. The Morgan fingerprint density at radius 1 is 1.25 bits per heavy atom. The topological polar surface area (TPSA) is 41.5 Å². The summed E-state index contributed by atoms with van der Waals surface area (Å²) in [5.74, 6) is 0. The molecule has 20 heavy (non-hydrogen) atoms. The molecule has 0 bridgehead atoms. The van der Waals surface area contributed by atoms with Gasteiger partial charge in [-0.15, -0.1) is 0 Å². The summed E-state index contributed by atoms with van der Waals surface area (Å²) in [4.78, 5) is 0. The summed E-state index contributed by atoms with van der Waals surface area (Å²) in [5.41, 5.74) is 0.590. The van der Waals surface area contributed by atoms with Crippen LogP contribution >= 0.6 is 0 Å². The van der Waals surface area contributed by atoms with E-state index in [9.17, 15) is 5.11 Å². The van der Waals surface area contributed by atoms with Gasteiger partial charge in [0.25, 0.3) is 0 Å². The monoisotopic (exact) mass is 277 g/mol. The van der Waals surface area contributed by atoms with E-state index in [0.29, 0.717) is 12.7 Å². The van der Waals surface area contributed by atoms with Gasteiger partial charge in [-0.1, -0.05) is 43.2 Å². The van der Waals surface area contributed by atoms with E-state index in [4.69, 9.17) is 4.74 Å². The number of ether oxygens (including phenoxy) is 1. The molecule has 1 aliphatic carbocycles. The van der Waals surface area contributed by atoms with Gasteiger partial charge in [-0.2, -0.15) is 0 Å². The third-order valence-electron chi connectivity index (χ3n) is 4.03. The maximum atomic E-state index is 10.0. The van der Waals surface area contributed by atoms with E-state index in [1.165, 1.54) is 12.8 Å². The molecule has 1 aromatic carbocycles. The standard InChI is InChI=1S/C17H27NO2/c1-14(2)18-17(12-19,15-8-4-3-5-9-15)13-20-16-10-6-7-11-16/h3-5,8-9,14,16,18-19H,6-7,10-13H2,1-2H3. The molecule has 1 unspecified atom stereocenters. The Bertz CT molecular complexity index is 387. The number of nitrogens with one attached hydrogen (secondary N) is 1. The first-order chi connectivity index (χ1) is 9.66. The molecular weight excluding hydrogens is 250 g/mol. The second-order valence-electron chi connectivity index (χ2n) is 6.12. The molecule has 2 N–H and O–H groups in total. The van der Waals surface area contributed by atoms with Crippen molar-refractivity contribution in [2.24, 2.45) is 0 Å². The number of hydrogen-bond acceptors (Lipinski definition) is 3. The first-order valence-electron chi connectivity index (χ1n) is 7.72. The molecule has 3 nitrogen and oxygen atoms in total. The minimum absolute atomic E-state index is 0.0436. The molecule has 0 radical (unpaired) electrons. The first-order valence-corrected chi connectivity index (χ1v) is 7.72. The lowest BCUT2D eigenvalue weighted by atomic mass is 9.90. The van der Waals surface area contributed by atoms with Crippen molar-refractivity contribution in [3.8, 4) is 0 Å². The Morgan fingerprint density at radius 2 is 1.90 bits per heavy atom. The average molecular weight is 277 g/mol. The average Bonchev–Trinajstić information content (AvgIpc) is 2.97. The summed E-state index contributed by atoms with van der Waals surface area (Å²) in [6, 6.07) is 10.4. The fraction of sp³-hybridized carbons (Fsp3) is 0.647. The molecule has 1 fully saturated rings. The quantitative estimate of drug-likeness (QED) is 0.805. The van der Waals surface area contributed by atoms with Crippen LogP contribution < -0.4 is 5.32 Å². The van der Waals surface area contributed by atoms with E-state index < -0.39 is 5.54 Å². The number of aliphatic hydroxyl groups is 1. The number of benzene rings is 1. The van der Waals surface area contributed by atoms with Crippen LogP contribution in [0.3, 0.4) is 0 Å². The summed E-state index contributed by atoms with van der Waals surface area (Å²) in [6.07, 6.45) is 5.19. The van der Waals surface area contributed by atoms with Crippen molar-refractivity contribution in [2.45, 2.75) is 57.2 Å². The van der Waals surface area contributed by atoms with E-state index >= 15 is 0 Å². The number of rotatable bonds is 7. The Hall–Kier alpha value is -0.900. The zero-order chi connectivity index (χ0) is 14.4. The van der Waals surface area contributed by atoms with E-state index in [0.717, 1.165) is 18.4 Å². The molecule has 0 heterocycles. The SMILES string of the molecule is CC(C)NC(CO)(COC1CCCC1)c1ccccc1. The molecule has 0 aliphatic heterocycles. The molecule has 0 saturated heterocycles. The molecule has 0 spiro atoms. The predicted molar refractivity (Wildman–Crippen MR) is 81.7 cm³/mol. The predicted octanol–water partition coefficient (Wildman–Crippen LogP) is 2.83. The third-order valence-corrected chi connectivity index (χ3v) is 4.03. The number of aliphatic hydroxyl groups excluding tert-OH is 1. The lowest BCUT2D eigenvalue weighted by Crippen LogP contribution is -2.52. The Labute approximate surface area is 122 Å². The normalized spacial score (nSPS) is 19.4. The summed E-state index contributed by atoms with van der Waals surface area (Å²) in [5, 5.41) is 13.5. The van der Waals surface area contributed by atoms with Gasteiger partial charge in [0.1, 0.15) is 0 Å². The molecule has 2 rings (SSSR count). The fourth-order valence-electron chi connectivity index (χ4n) is 3.02. The molecule has 1 atom stereocenters. The highest BCUT2D eigenvalue weighted by molar-refractivity contribution is 5.25. The lowest BCUT2D eigenvalue weighted by Gasteiger charge is -2.36. The zero-order valence-electron chi connectivity index (χ0n) is 12.6. The maximum Gasteiger partial charge on any atom is 0.0908 e. The number of hydrogen-bond donors (Lipinski definition) is 2. The lowest BCUT2D eigenvalue weighted by molar-refractivity contribution is -0.0119. The highest BCUT2D eigenvalue weighted by Crippen LogP contribution is 2.26. The van der Waals surface area contributed by atoms with Gasteiger partial charge in [0.15, 0.2) is 0 Å². The molecule has 0 aromatic heterocycles. The van der Waals surface area contributed by atoms with Crippen LogP contribution in [0.2, 0.25) is 0 Å². The van der Waals surface area contributed by atoms with Crippen LogP contribution in [0.4, 0.5) is 0 Å². The van der Waals surface area contributed by atoms with Gasteiger partial charge in [0.2, 0.25) is 0 Å². The summed E-state index contributed by atoms with van der Waals surface area (Å²) >= 11 is 0. The maximum absolute atomic E-state index is 10.0. The van der Waals surface area contributed by atoms with Crippen LogP contribution in [0.5, 0.6) is 0 Å². The van der Waals surface area contributed by atoms with Gasteiger partial charge in [0.05, 0.1) is 24.9 Å². The smallest absolute Gasteiger partial charge is 0.0908 e. The van der Waals surface area contributed by atoms with Gasteiger partial charge in [-0.3, -0.25) is 0 Å². The van der Waals surface area contributed by atoms with Gasteiger partial charge in [-0.25, -0.2) is 0 Å². The minimum Gasteiger partial charge on any atom is -0.394 e. The molecule has 1 aliphatic rings. The van der Waals surface area contributed by atoms with Crippen molar-refractivity contribution in [3.05, 3.63) is 35.9 Å². The third kappa shape index (κ3) is 3.81. The van der Waals surface area contributed by atoms with Crippen molar-refractivity contribution < 1.29 is 9.84 Å². The van der Waals surface area contributed by atoms with Gasteiger partial charge in [0, 0.05) is 6.04 Å². The fourth-order valence-corrected chi connectivity index (χ4v) is 3.02. The van der Waals surface area contributed by atoms with Crippen LogP contribution in [0.1, 0.15) is 45.1 Å². The van der Waals surface area contributed by atoms with E-state index in [1.54, 1.807) is 0 Å². The Kier molecular flexibility index (Phi) is 5.58. The second-order valence-corrected chi connectivity index (χ2v) is 6.12. The highest BCUT2D eigenvalue weighted by atomic mass is 16.5. The van der Waals surface area contributed by atoms with Gasteiger partial charge in [-0.05, 0) is 32.3 Å². The zero-order valence-corrected chi connectivity index (χ0v) is 12.6. The van der Waals surface area contributed by atoms with Crippen LogP contribution in [0.25, 0.3) is 0 Å². The minimum atomic E-state index is -0.502. The summed E-state index contributed by atoms with van der Waals surface area (Å²) in [7, 11) is 0. The van der Waals surface area contributed by atoms with Crippen molar-refractivity contribution in [1.82, 2.24) is 5.32 Å². The largest absolute Gasteiger partial charge is 0.394 e. The van der Waals surface area contributed by atoms with Crippen molar-refractivity contribution in [2.75, 3.05) is 13.2 Å². The molecular formula is C17H27NO2. The van der Waals surface area contributed by atoms with Crippen molar-refractivity contribution >= 4 is 0 Å². The molecule has 3 heteroatoms. The van der Waals surface area contributed by atoms with Crippen molar-refractivity contribution in [3.63, 3.8) is 0 Å². The van der Waals surface area contributed by atoms with Crippen LogP contribution in [0.15, 0.2) is 30.3 Å². The van der Waals surface area contributed by atoms with Crippen LogP contribution in [-0.4, -0.2) is 30.5 Å². The van der Waals surface area contributed by atoms with Crippen LogP contribution in [-0.2, 0) is 10.3 Å². The highest BCUT2D eigenvalue weighted by Gasteiger charge is 2.33.